The number of amides is 1. The van der Waals surface area contributed by atoms with Crippen LogP contribution in [0.25, 0.3) is 0 Å². The van der Waals surface area contributed by atoms with Gasteiger partial charge in [0.05, 0.1) is 30.2 Å². The number of hydrogen-bond acceptors (Lipinski definition) is 10. The zero-order chi connectivity index (χ0) is 31.5. The number of phenolic OH excluding ortho intramolecular Hbond substituents is 1. The van der Waals surface area contributed by atoms with Gasteiger partial charge < -0.3 is 25.6 Å². The first-order valence-electron chi connectivity index (χ1n) is 13.8. The Bertz CT molecular complexity index is 1650. The molecule has 2 saturated carbocycles. The number of carbonyl (C=O) groups excluding carboxylic acids is 5. The van der Waals surface area contributed by atoms with Crippen LogP contribution in [0.2, 0.25) is 0 Å². The molecule has 6 atom stereocenters. The summed E-state index contributed by atoms with van der Waals surface area (Å²) in [5, 5.41) is 23.1. The minimum Gasteiger partial charge on any atom is -0.506 e. The Kier molecular flexibility index (Phi) is 7.40. The SMILES string of the molecule is COc1cccc(C#Cc2cc(N(C)C)c3c(c2O)C(=O)C2C(=O)[C@]4(O)C(=O)C(C(N)=O)C(=O)[C@@H](N(C)C)[C@@H]4C[C@@H]2C3)c1. The van der Waals surface area contributed by atoms with Crippen molar-refractivity contribution in [2.45, 2.75) is 24.5 Å². The van der Waals surface area contributed by atoms with Crippen molar-refractivity contribution >= 4 is 34.7 Å². The maximum Gasteiger partial charge on any atom is 0.235 e. The van der Waals surface area contributed by atoms with Gasteiger partial charge >= 0.3 is 0 Å². The van der Waals surface area contributed by atoms with Gasteiger partial charge in [0, 0.05) is 31.3 Å². The number of phenols is 1. The van der Waals surface area contributed by atoms with Gasteiger partial charge in [0.25, 0.3) is 0 Å². The minimum atomic E-state index is -2.78. The first-order valence-corrected chi connectivity index (χ1v) is 13.8. The molecule has 0 spiro atoms. The molecule has 0 bridgehead atoms. The van der Waals surface area contributed by atoms with Crippen LogP contribution < -0.4 is 15.4 Å². The number of methoxy groups -OCH3 is 1. The van der Waals surface area contributed by atoms with Gasteiger partial charge in [-0.3, -0.25) is 28.9 Å². The molecule has 5 rings (SSSR count). The standard InChI is InChI=1S/C32H33N3O8/c1-34(2)21-14-16(10-9-15-7-6-8-18(11-15)43-5)26(36)23-19(21)12-17-13-20-25(35(3)4)28(38)24(31(33)41)30(40)32(20,42)29(39)22(17)27(23)37/h6-8,11,14,17,20,22,24-25,36,42H,12-13H2,1-5H3,(H2,33,41)/t17-,20-,22?,24?,25-,32-/m0/s1. The van der Waals surface area contributed by atoms with E-state index < -0.39 is 70.1 Å². The van der Waals surface area contributed by atoms with Gasteiger partial charge in [0.2, 0.25) is 5.91 Å². The van der Waals surface area contributed by atoms with Crippen molar-refractivity contribution in [1.29, 1.82) is 0 Å². The summed E-state index contributed by atoms with van der Waals surface area (Å²) in [5.41, 5.74) is 4.37. The number of rotatable bonds is 4. The molecule has 11 nitrogen and oxygen atoms in total. The molecule has 0 aromatic heterocycles. The summed E-state index contributed by atoms with van der Waals surface area (Å²) in [7, 11) is 8.17. The highest BCUT2D eigenvalue weighted by Crippen LogP contribution is 2.52. The predicted octanol–water partition coefficient (Wildman–Crippen LogP) is 0.341. The highest BCUT2D eigenvalue weighted by Gasteiger charge is 2.69. The Morgan fingerprint density at radius 3 is 2.37 bits per heavy atom. The van der Waals surface area contributed by atoms with E-state index in [1.54, 1.807) is 63.4 Å². The first kappa shape index (κ1) is 29.9. The van der Waals surface area contributed by atoms with Crippen molar-refractivity contribution in [3.8, 4) is 23.3 Å². The quantitative estimate of drug-likeness (QED) is 0.335. The lowest BCUT2D eigenvalue weighted by atomic mass is 9.52. The van der Waals surface area contributed by atoms with E-state index >= 15 is 0 Å². The van der Waals surface area contributed by atoms with Crippen molar-refractivity contribution in [3.05, 3.63) is 52.6 Å². The Labute approximate surface area is 248 Å². The second kappa shape index (κ2) is 10.6. The van der Waals surface area contributed by atoms with Crippen LogP contribution in [0.5, 0.6) is 11.5 Å². The van der Waals surface area contributed by atoms with Crippen LogP contribution in [0.4, 0.5) is 5.69 Å². The average molecular weight is 588 g/mol. The van der Waals surface area contributed by atoms with Crippen LogP contribution in [-0.2, 0) is 25.6 Å². The Balaban J connectivity index is 1.64. The van der Waals surface area contributed by atoms with Gasteiger partial charge in [-0.05, 0) is 62.7 Å². The van der Waals surface area contributed by atoms with Crippen molar-refractivity contribution in [1.82, 2.24) is 4.90 Å². The number of primary amides is 1. The first-order chi connectivity index (χ1) is 20.2. The maximum atomic E-state index is 14.1. The molecule has 0 heterocycles. The highest BCUT2D eigenvalue weighted by molar-refractivity contribution is 6.32. The summed E-state index contributed by atoms with van der Waals surface area (Å²) in [6, 6.07) is 7.52. The van der Waals surface area contributed by atoms with Crippen molar-refractivity contribution in [3.63, 3.8) is 0 Å². The largest absolute Gasteiger partial charge is 0.506 e. The zero-order valence-electron chi connectivity index (χ0n) is 24.5. The fourth-order valence-electron chi connectivity index (χ4n) is 6.99. The van der Waals surface area contributed by atoms with Crippen molar-refractivity contribution in [2.75, 3.05) is 40.2 Å². The van der Waals surface area contributed by atoms with E-state index in [-0.39, 0.29) is 24.0 Å². The third-order valence-corrected chi connectivity index (χ3v) is 8.93. The van der Waals surface area contributed by atoms with Gasteiger partial charge in [-0.1, -0.05) is 17.9 Å². The summed E-state index contributed by atoms with van der Waals surface area (Å²) in [4.78, 5) is 70.3. The van der Waals surface area contributed by atoms with Crippen LogP contribution in [0, 0.1) is 35.5 Å². The van der Waals surface area contributed by atoms with Crippen LogP contribution >= 0.6 is 0 Å². The minimum absolute atomic E-state index is 0.0189. The second-order valence-corrected chi connectivity index (χ2v) is 11.8. The molecule has 2 unspecified atom stereocenters. The van der Waals surface area contributed by atoms with Crippen LogP contribution in [-0.4, -0.2) is 91.1 Å². The number of aliphatic hydroxyl groups is 1. The Morgan fingerprint density at radius 1 is 1.07 bits per heavy atom. The molecule has 0 radical (unpaired) electrons. The monoisotopic (exact) mass is 587 g/mol. The van der Waals surface area contributed by atoms with Crippen molar-refractivity contribution in [2.24, 2.45) is 29.4 Å². The molecule has 2 aromatic carbocycles. The summed E-state index contributed by atoms with van der Waals surface area (Å²) >= 11 is 0. The number of nitrogens with zero attached hydrogens (tertiary/aromatic N) is 2. The van der Waals surface area contributed by atoms with E-state index in [9.17, 15) is 34.2 Å². The number of ketones is 4. The number of benzene rings is 2. The normalized spacial score (nSPS) is 27.9. The number of hydrogen-bond donors (Lipinski definition) is 3. The van der Waals surface area contributed by atoms with E-state index in [0.717, 1.165) is 0 Å². The van der Waals surface area contributed by atoms with E-state index in [0.29, 0.717) is 22.6 Å². The van der Waals surface area contributed by atoms with Gasteiger partial charge in [-0.25, -0.2) is 0 Å². The van der Waals surface area contributed by atoms with Crippen LogP contribution in [0.15, 0.2) is 30.3 Å². The molecule has 3 aliphatic carbocycles. The maximum absolute atomic E-state index is 14.1. The lowest BCUT2D eigenvalue weighted by Crippen LogP contribution is -2.74. The average Bonchev–Trinajstić information content (AvgIpc) is 2.94. The molecular weight excluding hydrogens is 554 g/mol. The van der Waals surface area contributed by atoms with E-state index in [4.69, 9.17) is 10.5 Å². The molecule has 43 heavy (non-hydrogen) atoms. The van der Waals surface area contributed by atoms with E-state index in [1.807, 2.05) is 0 Å². The lowest BCUT2D eigenvalue weighted by molar-refractivity contribution is -0.181. The molecule has 0 saturated heterocycles. The van der Waals surface area contributed by atoms with Crippen molar-refractivity contribution < 1.29 is 38.9 Å². The number of nitrogens with two attached hydrogens (primary N) is 1. The van der Waals surface area contributed by atoms with Crippen LogP contribution in [0.3, 0.4) is 0 Å². The van der Waals surface area contributed by atoms with Gasteiger partial charge in [0.15, 0.2) is 34.7 Å². The second-order valence-electron chi connectivity index (χ2n) is 11.8. The summed E-state index contributed by atoms with van der Waals surface area (Å²) in [6.07, 6.45) is 0.144. The number of fused-ring (bicyclic) bond motifs is 3. The summed E-state index contributed by atoms with van der Waals surface area (Å²) in [6.45, 7) is 0. The number of carbonyl (C=O) groups is 5. The predicted molar refractivity (Wildman–Crippen MR) is 155 cm³/mol. The summed E-state index contributed by atoms with van der Waals surface area (Å²) < 4.78 is 5.24. The van der Waals surface area contributed by atoms with Gasteiger partial charge in [0.1, 0.15) is 11.5 Å². The number of anilines is 1. The molecule has 11 heteroatoms. The lowest BCUT2D eigenvalue weighted by Gasteiger charge is -2.52. The number of ether oxygens (including phenoxy) is 1. The zero-order valence-corrected chi connectivity index (χ0v) is 24.5. The third-order valence-electron chi connectivity index (χ3n) is 8.93. The van der Waals surface area contributed by atoms with Gasteiger partial charge in [-0.15, -0.1) is 0 Å². The Hall–Kier alpha value is -4.53. The number of aromatic hydroxyl groups is 1. The third kappa shape index (κ3) is 4.49. The van der Waals surface area contributed by atoms with E-state index in [2.05, 4.69) is 11.8 Å². The van der Waals surface area contributed by atoms with Crippen LogP contribution in [0.1, 0.15) is 33.5 Å². The smallest absolute Gasteiger partial charge is 0.235 e. The molecule has 3 aliphatic rings. The fourth-order valence-corrected chi connectivity index (χ4v) is 6.99. The fraction of sp³-hybridized carbons (Fsp3) is 0.406. The molecule has 224 valence electrons. The molecule has 1 amide bonds. The molecule has 4 N–H and O–H groups in total. The number of Topliss-reactive ketones (excluding diaryl/α,β-unsaturated/α-hetero) is 4. The molecule has 2 fully saturated rings. The summed E-state index contributed by atoms with van der Waals surface area (Å²) in [5.74, 6) is -4.49. The van der Waals surface area contributed by atoms with E-state index in [1.165, 1.54) is 12.0 Å². The number of likely N-dealkylation sites (N-methyl/N-ethyl adjacent to an activating group) is 1. The van der Waals surface area contributed by atoms with Gasteiger partial charge in [-0.2, -0.15) is 0 Å². The molecule has 2 aromatic rings. The topological polar surface area (TPSA) is 168 Å². The Morgan fingerprint density at radius 2 is 1.77 bits per heavy atom. The molecular formula is C32H33N3O8. The highest BCUT2D eigenvalue weighted by atomic mass is 16.5. The molecule has 0 aliphatic heterocycles.